The van der Waals surface area contributed by atoms with Gasteiger partial charge in [0.1, 0.15) is 0 Å². The van der Waals surface area contributed by atoms with Gasteiger partial charge in [0.25, 0.3) is 0 Å². The Bertz CT molecular complexity index is 192. The van der Waals surface area contributed by atoms with E-state index in [1.165, 1.54) is 19.3 Å². The second-order valence-electron chi connectivity index (χ2n) is 3.28. The quantitative estimate of drug-likeness (QED) is 0.476. The summed E-state index contributed by atoms with van der Waals surface area (Å²) in [5, 5.41) is 8.36. The molecule has 0 aromatic carbocycles. The first-order valence-electron chi connectivity index (χ1n) is 5.30. The van der Waals surface area contributed by atoms with Crippen LogP contribution in [0.1, 0.15) is 45.4 Å². The molecular formula is C12H20O2. The van der Waals surface area contributed by atoms with Gasteiger partial charge in [0.2, 0.25) is 0 Å². The fourth-order valence-electron chi connectivity index (χ4n) is 1.07. The predicted octanol–water partition coefficient (Wildman–Crippen LogP) is 3.54. The molecule has 0 aliphatic heterocycles. The average Bonchev–Trinajstić information content (AvgIpc) is 2.15. The fraction of sp³-hybridized carbons (Fsp3) is 0.583. The molecule has 0 amide bonds. The molecule has 0 radical (unpaired) electrons. The zero-order valence-corrected chi connectivity index (χ0v) is 8.91. The van der Waals surface area contributed by atoms with Crippen molar-refractivity contribution in [3.63, 3.8) is 0 Å². The normalized spacial score (nSPS) is 11.5. The fourth-order valence-corrected chi connectivity index (χ4v) is 1.07. The van der Waals surface area contributed by atoms with Crippen molar-refractivity contribution in [3.05, 3.63) is 24.3 Å². The number of hydrogen-bond acceptors (Lipinski definition) is 1. The zero-order chi connectivity index (χ0) is 10.6. The summed E-state index contributed by atoms with van der Waals surface area (Å²) in [5.74, 6) is -0.735. The van der Waals surface area contributed by atoms with E-state index in [0.717, 1.165) is 6.42 Å². The Morgan fingerprint density at radius 2 is 1.79 bits per heavy atom. The first-order valence-corrected chi connectivity index (χ1v) is 5.30. The molecule has 0 saturated heterocycles. The molecule has 2 nitrogen and oxygen atoms in total. The third-order valence-electron chi connectivity index (χ3n) is 1.88. The molecule has 0 atom stereocenters. The van der Waals surface area contributed by atoms with Crippen molar-refractivity contribution in [1.29, 1.82) is 0 Å². The van der Waals surface area contributed by atoms with Crippen LogP contribution in [0.2, 0.25) is 0 Å². The summed E-state index contributed by atoms with van der Waals surface area (Å²) < 4.78 is 0. The van der Waals surface area contributed by atoms with Crippen molar-refractivity contribution < 1.29 is 9.90 Å². The first-order chi connectivity index (χ1) is 6.77. The van der Waals surface area contributed by atoms with Gasteiger partial charge < -0.3 is 5.11 Å². The maximum atomic E-state index is 10.2. The smallest absolute Gasteiger partial charge is 0.303 e. The van der Waals surface area contributed by atoms with Gasteiger partial charge in [-0.3, -0.25) is 4.79 Å². The van der Waals surface area contributed by atoms with E-state index in [4.69, 9.17) is 5.11 Å². The van der Waals surface area contributed by atoms with Crippen LogP contribution >= 0.6 is 0 Å². The van der Waals surface area contributed by atoms with Gasteiger partial charge in [-0.2, -0.15) is 0 Å². The Morgan fingerprint density at radius 1 is 1.14 bits per heavy atom. The lowest BCUT2D eigenvalue weighted by molar-refractivity contribution is -0.136. The van der Waals surface area contributed by atoms with Crippen LogP contribution in [0.5, 0.6) is 0 Å². The molecule has 0 aromatic rings. The monoisotopic (exact) mass is 196 g/mol. The van der Waals surface area contributed by atoms with Gasteiger partial charge in [0, 0.05) is 6.42 Å². The summed E-state index contributed by atoms with van der Waals surface area (Å²) >= 11 is 0. The molecule has 0 aliphatic rings. The van der Waals surface area contributed by atoms with Crippen molar-refractivity contribution in [2.24, 2.45) is 0 Å². The average molecular weight is 196 g/mol. The molecule has 0 aromatic heterocycles. The Hall–Kier alpha value is -1.05. The van der Waals surface area contributed by atoms with E-state index in [1.807, 2.05) is 18.2 Å². The Kier molecular flexibility index (Phi) is 9.28. The minimum absolute atomic E-state index is 0.222. The van der Waals surface area contributed by atoms with E-state index in [-0.39, 0.29) is 6.42 Å². The lowest BCUT2D eigenvalue weighted by Gasteiger charge is -1.90. The van der Waals surface area contributed by atoms with Crippen LogP contribution in [-0.4, -0.2) is 11.1 Å². The third-order valence-corrected chi connectivity index (χ3v) is 1.88. The highest BCUT2D eigenvalue weighted by molar-refractivity contribution is 5.66. The molecule has 0 heterocycles. The summed E-state index contributed by atoms with van der Waals surface area (Å²) in [4.78, 5) is 10.2. The molecule has 14 heavy (non-hydrogen) atoms. The molecule has 0 saturated carbocycles. The lowest BCUT2D eigenvalue weighted by Crippen LogP contribution is -1.91. The Labute approximate surface area is 86.3 Å². The highest BCUT2D eigenvalue weighted by Gasteiger charge is 1.90. The lowest BCUT2D eigenvalue weighted by atomic mass is 10.2. The number of carboxylic acids is 1. The number of rotatable bonds is 8. The summed E-state index contributed by atoms with van der Waals surface area (Å²) in [7, 11) is 0. The van der Waals surface area contributed by atoms with Crippen molar-refractivity contribution in [2.45, 2.75) is 45.4 Å². The van der Waals surface area contributed by atoms with Crippen molar-refractivity contribution in [1.82, 2.24) is 0 Å². The van der Waals surface area contributed by atoms with E-state index < -0.39 is 5.97 Å². The first kappa shape index (κ1) is 12.9. The predicted molar refractivity (Wildman–Crippen MR) is 59.3 cm³/mol. The van der Waals surface area contributed by atoms with Gasteiger partial charge in [-0.15, -0.1) is 0 Å². The molecule has 0 unspecified atom stereocenters. The number of hydrogen-bond donors (Lipinski definition) is 1. The number of allylic oxidation sites excluding steroid dienone is 4. The molecular weight excluding hydrogens is 176 g/mol. The van der Waals surface area contributed by atoms with Crippen molar-refractivity contribution in [2.75, 3.05) is 0 Å². The van der Waals surface area contributed by atoms with Crippen LogP contribution in [-0.2, 0) is 4.79 Å². The molecule has 0 rings (SSSR count). The minimum Gasteiger partial charge on any atom is -0.481 e. The van der Waals surface area contributed by atoms with Gasteiger partial charge in [-0.1, -0.05) is 44.1 Å². The van der Waals surface area contributed by atoms with Crippen LogP contribution in [0.4, 0.5) is 0 Å². The second-order valence-corrected chi connectivity index (χ2v) is 3.28. The summed E-state index contributed by atoms with van der Waals surface area (Å²) in [5.41, 5.74) is 0. The van der Waals surface area contributed by atoms with Crippen LogP contribution in [0, 0.1) is 0 Å². The van der Waals surface area contributed by atoms with Crippen LogP contribution in [0.3, 0.4) is 0 Å². The molecule has 0 fully saturated rings. The zero-order valence-electron chi connectivity index (χ0n) is 8.91. The van der Waals surface area contributed by atoms with Crippen molar-refractivity contribution >= 4 is 5.97 Å². The molecule has 0 spiro atoms. The Balaban J connectivity index is 3.28. The largest absolute Gasteiger partial charge is 0.481 e. The van der Waals surface area contributed by atoms with E-state index >= 15 is 0 Å². The van der Waals surface area contributed by atoms with Gasteiger partial charge in [0.05, 0.1) is 0 Å². The maximum Gasteiger partial charge on any atom is 0.303 e. The minimum atomic E-state index is -0.735. The topological polar surface area (TPSA) is 37.3 Å². The van der Waals surface area contributed by atoms with Gasteiger partial charge in [0.15, 0.2) is 0 Å². The summed E-state index contributed by atoms with van der Waals surface area (Å²) in [6.45, 7) is 2.19. The second kappa shape index (κ2) is 10.0. The number of carboxylic acid groups (broad SMARTS) is 1. The highest BCUT2D eigenvalue weighted by Crippen LogP contribution is 1.99. The van der Waals surface area contributed by atoms with E-state index in [2.05, 4.69) is 13.0 Å². The van der Waals surface area contributed by atoms with E-state index in [0.29, 0.717) is 6.42 Å². The molecule has 2 heteroatoms. The van der Waals surface area contributed by atoms with Gasteiger partial charge in [-0.05, 0) is 19.3 Å². The molecule has 0 bridgehead atoms. The summed E-state index contributed by atoms with van der Waals surface area (Å²) in [6, 6.07) is 0. The number of aliphatic carboxylic acids is 1. The van der Waals surface area contributed by atoms with Crippen molar-refractivity contribution in [3.8, 4) is 0 Å². The van der Waals surface area contributed by atoms with Gasteiger partial charge >= 0.3 is 5.97 Å². The molecule has 1 N–H and O–H groups in total. The van der Waals surface area contributed by atoms with E-state index in [9.17, 15) is 4.79 Å². The number of carbonyl (C=O) groups is 1. The summed E-state index contributed by atoms with van der Waals surface area (Å²) in [6.07, 6.45) is 13.7. The van der Waals surface area contributed by atoms with Crippen LogP contribution < -0.4 is 0 Å². The SMILES string of the molecule is CCCCCC=CC=CCCC(=O)O. The third kappa shape index (κ3) is 11.0. The van der Waals surface area contributed by atoms with E-state index in [1.54, 1.807) is 0 Å². The van der Waals surface area contributed by atoms with Gasteiger partial charge in [-0.25, -0.2) is 0 Å². The molecule has 80 valence electrons. The maximum absolute atomic E-state index is 10.2. The Morgan fingerprint density at radius 3 is 2.36 bits per heavy atom. The standard InChI is InChI=1S/C12H20O2/c1-2-3-4-5-6-7-8-9-10-11-12(13)14/h6-9H,2-5,10-11H2,1H3,(H,13,14). The highest BCUT2D eigenvalue weighted by atomic mass is 16.4. The number of unbranched alkanes of at least 4 members (excludes halogenated alkanes) is 3. The van der Waals surface area contributed by atoms with Crippen LogP contribution in [0.15, 0.2) is 24.3 Å². The van der Waals surface area contributed by atoms with Crippen LogP contribution in [0.25, 0.3) is 0 Å². The molecule has 0 aliphatic carbocycles.